The van der Waals surface area contributed by atoms with Gasteiger partial charge in [-0.1, -0.05) is 18.1 Å². The summed E-state index contributed by atoms with van der Waals surface area (Å²) in [5, 5.41) is 10.9. The van der Waals surface area contributed by atoms with Crippen molar-refractivity contribution in [3.63, 3.8) is 0 Å². The number of sulfonamides is 1. The molecule has 0 radical (unpaired) electrons. The summed E-state index contributed by atoms with van der Waals surface area (Å²) in [6, 6.07) is 9.67. The van der Waals surface area contributed by atoms with E-state index in [0.717, 1.165) is 44.6 Å². The van der Waals surface area contributed by atoms with Gasteiger partial charge < -0.3 is 10.2 Å². The van der Waals surface area contributed by atoms with Crippen molar-refractivity contribution < 1.29 is 43.9 Å². The standard InChI is InChI=1S/C40H38F7N9O3S/c1-53-12-14-55(15-13-53)11-5-6-25-9-10-26(27-7-4-8-28-35(27)54(2)51-38(28)52-60(3,58)59)34(48-25)31(18-22-16-23(41)19-24(42)17-22)49-32(57)21-56-37-33(36(50-56)40(45,46)47)29-20-30(29)39(37,43)44/h4,7-10,16-17,19,29-31H,11-15,18,20-21H2,1-3H3,(H,49,57)(H,51,52)/t29-,30?,31-/m0/s1. The fourth-order valence-corrected chi connectivity index (χ4v) is 8.74. The summed E-state index contributed by atoms with van der Waals surface area (Å²) in [6.45, 7) is 2.69. The van der Waals surface area contributed by atoms with Crippen LogP contribution in [0.4, 0.5) is 36.6 Å². The molecule has 2 fully saturated rings. The zero-order valence-electron chi connectivity index (χ0n) is 32.4. The Bertz CT molecular complexity index is 2680. The number of aryl methyl sites for hydroxylation is 1. The molecule has 5 aromatic rings. The molecular weight excluding hydrogens is 820 g/mol. The number of halogens is 7. The van der Waals surface area contributed by atoms with Crippen molar-refractivity contribution in [1.82, 2.24) is 39.7 Å². The number of aromatic nitrogens is 5. The lowest BCUT2D eigenvalue weighted by atomic mass is 9.93. The molecule has 0 bridgehead atoms. The number of alkyl halides is 5. The number of para-hydroxylation sites is 1. The van der Waals surface area contributed by atoms with E-state index in [1.165, 1.54) is 4.68 Å². The third-order valence-electron chi connectivity index (χ3n) is 11.0. The fourth-order valence-electron chi connectivity index (χ4n) is 8.24. The third kappa shape index (κ3) is 8.17. The molecule has 316 valence electrons. The molecular formula is C40H38F7N9O3S. The third-order valence-corrected chi connectivity index (χ3v) is 11.6. The van der Waals surface area contributed by atoms with Crippen molar-refractivity contribution >= 4 is 32.7 Å². The SMILES string of the molecule is CN1CCN(CC#Cc2ccc(-c3cccc4c(NS(C)(=O)=O)nn(C)c34)c([C@H](Cc3cc(F)cc(F)c3)NC(=O)Cn3nc(C(F)(F)F)c4c3C(F)(F)C3C[C@H]43)n2)CC1. The Morgan fingerprint density at radius 3 is 2.40 bits per heavy atom. The maximum Gasteiger partial charge on any atom is 0.435 e. The average Bonchev–Trinajstić information content (AvgIpc) is 3.70. The minimum absolute atomic E-state index is 0.0252. The molecule has 1 amide bonds. The molecule has 12 nitrogen and oxygen atoms in total. The van der Waals surface area contributed by atoms with Crippen molar-refractivity contribution in [2.45, 2.75) is 43.4 Å². The van der Waals surface area contributed by atoms with Crippen LogP contribution in [-0.2, 0) is 46.9 Å². The van der Waals surface area contributed by atoms with Crippen LogP contribution in [0.5, 0.6) is 0 Å². The largest absolute Gasteiger partial charge is 0.435 e. The van der Waals surface area contributed by atoms with Crippen LogP contribution in [-0.4, -0.2) is 94.7 Å². The van der Waals surface area contributed by atoms with Crippen LogP contribution >= 0.6 is 0 Å². The van der Waals surface area contributed by atoms with Crippen LogP contribution in [0.15, 0.2) is 48.5 Å². The van der Waals surface area contributed by atoms with E-state index in [1.54, 1.807) is 37.4 Å². The van der Waals surface area contributed by atoms with E-state index in [9.17, 15) is 35.2 Å². The molecule has 3 atom stereocenters. The zero-order chi connectivity index (χ0) is 42.9. The van der Waals surface area contributed by atoms with Crippen LogP contribution in [0.3, 0.4) is 0 Å². The summed E-state index contributed by atoms with van der Waals surface area (Å²) >= 11 is 0. The number of likely N-dealkylation sites (N-methyl/N-ethyl adjacent to an activating group) is 1. The molecule has 4 heterocycles. The van der Waals surface area contributed by atoms with Crippen molar-refractivity contribution in [3.05, 3.63) is 94.1 Å². The number of amides is 1. The fraction of sp³-hybridized carbons (Fsp3) is 0.400. The summed E-state index contributed by atoms with van der Waals surface area (Å²) in [4.78, 5) is 23.2. The van der Waals surface area contributed by atoms with Gasteiger partial charge in [0.25, 0.3) is 5.92 Å². The van der Waals surface area contributed by atoms with Crippen LogP contribution in [0, 0.1) is 29.4 Å². The second-order valence-electron chi connectivity index (χ2n) is 15.5. The normalized spacial score (nSPS) is 19.4. The lowest BCUT2D eigenvalue weighted by molar-refractivity contribution is -0.142. The Balaban J connectivity index is 1.23. The summed E-state index contributed by atoms with van der Waals surface area (Å²) in [7, 11) is -0.159. The van der Waals surface area contributed by atoms with E-state index in [2.05, 4.69) is 41.9 Å². The lowest BCUT2D eigenvalue weighted by Crippen LogP contribution is -2.44. The first-order chi connectivity index (χ1) is 28.3. The monoisotopic (exact) mass is 857 g/mol. The van der Waals surface area contributed by atoms with Gasteiger partial charge >= 0.3 is 6.18 Å². The average molecular weight is 858 g/mol. The number of hydrogen-bond donors (Lipinski definition) is 2. The van der Waals surface area contributed by atoms with Gasteiger partial charge in [0, 0.05) is 67.3 Å². The van der Waals surface area contributed by atoms with Gasteiger partial charge in [-0.05, 0) is 67.6 Å². The first-order valence-corrected chi connectivity index (χ1v) is 20.8. The number of carbonyl (C=O) groups excluding carboxylic acids is 1. The number of anilines is 1. The van der Waals surface area contributed by atoms with Gasteiger partial charge in [0.1, 0.15) is 29.6 Å². The summed E-state index contributed by atoms with van der Waals surface area (Å²) < 4.78 is 131. The van der Waals surface area contributed by atoms with Gasteiger partial charge in [-0.15, -0.1) is 0 Å². The Morgan fingerprint density at radius 2 is 1.72 bits per heavy atom. The molecule has 2 aliphatic carbocycles. The number of rotatable bonds is 10. The molecule has 1 aliphatic heterocycles. The highest BCUT2D eigenvalue weighted by Gasteiger charge is 2.68. The van der Waals surface area contributed by atoms with Crippen LogP contribution in [0.1, 0.15) is 52.3 Å². The van der Waals surface area contributed by atoms with Crippen molar-refractivity contribution in [2.75, 3.05) is 50.7 Å². The Hall–Kier alpha value is -5.52. The molecule has 1 saturated heterocycles. The number of nitrogens with zero attached hydrogens (tertiary/aromatic N) is 7. The van der Waals surface area contributed by atoms with Gasteiger partial charge in [-0.2, -0.15) is 32.1 Å². The Kier molecular flexibility index (Phi) is 10.4. The van der Waals surface area contributed by atoms with E-state index in [1.807, 2.05) is 7.05 Å². The molecule has 1 unspecified atom stereocenters. The van der Waals surface area contributed by atoms with Gasteiger partial charge in [-0.25, -0.2) is 22.2 Å². The first kappa shape index (κ1) is 41.2. The number of hydrogen-bond acceptors (Lipinski definition) is 8. The van der Waals surface area contributed by atoms with Crippen LogP contribution in [0.25, 0.3) is 22.0 Å². The molecule has 2 N–H and O–H groups in total. The highest BCUT2D eigenvalue weighted by molar-refractivity contribution is 7.92. The number of carbonyl (C=O) groups is 1. The van der Waals surface area contributed by atoms with Crippen molar-refractivity contribution in [1.29, 1.82) is 0 Å². The molecule has 8 rings (SSSR count). The molecule has 20 heteroatoms. The molecule has 2 aromatic carbocycles. The predicted molar refractivity (Wildman–Crippen MR) is 206 cm³/mol. The molecule has 3 aromatic heterocycles. The summed E-state index contributed by atoms with van der Waals surface area (Å²) in [6.07, 6.45) is -4.55. The van der Waals surface area contributed by atoms with E-state index in [0.29, 0.717) is 39.3 Å². The van der Waals surface area contributed by atoms with E-state index in [-0.39, 0.29) is 35.6 Å². The molecule has 0 spiro atoms. The first-order valence-electron chi connectivity index (χ1n) is 18.9. The Morgan fingerprint density at radius 1 is 1.00 bits per heavy atom. The topological polar surface area (TPSA) is 130 Å². The van der Waals surface area contributed by atoms with Gasteiger partial charge in [0.05, 0.1) is 30.1 Å². The van der Waals surface area contributed by atoms with Crippen molar-refractivity contribution in [2.24, 2.45) is 13.0 Å². The van der Waals surface area contributed by atoms with Crippen LogP contribution in [0.2, 0.25) is 0 Å². The highest BCUT2D eigenvalue weighted by atomic mass is 32.2. The van der Waals surface area contributed by atoms with E-state index >= 15 is 8.78 Å². The van der Waals surface area contributed by atoms with Gasteiger partial charge in [-0.3, -0.25) is 23.8 Å². The van der Waals surface area contributed by atoms with Gasteiger partial charge in [0.15, 0.2) is 11.5 Å². The van der Waals surface area contributed by atoms with Crippen LogP contribution < -0.4 is 10.0 Å². The lowest BCUT2D eigenvalue weighted by Gasteiger charge is -2.30. The summed E-state index contributed by atoms with van der Waals surface area (Å²) in [5.41, 5.74) is -1.45. The van der Waals surface area contributed by atoms with Crippen molar-refractivity contribution in [3.8, 4) is 23.0 Å². The smallest absolute Gasteiger partial charge is 0.346 e. The minimum Gasteiger partial charge on any atom is -0.346 e. The second-order valence-corrected chi connectivity index (χ2v) is 17.2. The highest BCUT2D eigenvalue weighted by Crippen LogP contribution is 2.68. The zero-order valence-corrected chi connectivity index (χ0v) is 33.2. The second kappa shape index (κ2) is 15.2. The maximum atomic E-state index is 15.4. The molecule has 3 aliphatic rings. The summed E-state index contributed by atoms with van der Waals surface area (Å²) in [5.74, 6) is -2.72. The molecule has 1 saturated carbocycles. The van der Waals surface area contributed by atoms with Gasteiger partial charge in [0.2, 0.25) is 15.9 Å². The minimum atomic E-state index is -5.06. The number of nitrogens with one attached hydrogen (secondary N) is 2. The number of pyridine rings is 1. The maximum absolute atomic E-state index is 15.4. The Labute approximate surface area is 339 Å². The number of benzene rings is 2. The number of piperazine rings is 1. The van der Waals surface area contributed by atoms with E-state index < -0.39 is 81.0 Å². The van der Waals surface area contributed by atoms with E-state index in [4.69, 9.17) is 4.98 Å². The number of fused-ring (bicyclic) bond motifs is 4. The predicted octanol–water partition coefficient (Wildman–Crippen LogP) is 5.41. The molecule has 60 heavy (non-hydrogen) atoms. The quantitative estimate of drug-likeness (QED) is 0.141.